The van der Waals surface area contributed by atoms with Gasteiger partial charge in [-0.2, -0.15) is 0 Å². The van der Waals surface area contributed by atoms with Crippen LogP contribution in [0, 0.1) is 10.1 Å². The second kappa shape index (κ2) is 5.46. The van der Waals surface area contributed by atoms with E-state index in [2.05, 4.69) is 0 Å². The molecule has 0 heterocycles. The fourth-order valence-corrected chi connectivity index (χ4v) is 2.30. The number of carbonyl (C=O) groups is 1. The fourth-order valence-electron chi connectivity index (χ4n) is 2.30. The molecule has 0 saturated heterocycles. The summed E-state index contributed by atoms with van der Waals surface area (Å²) in [7, 11) is 0. The van der Waals surface area contributed by atoms with E-state index in [0.717, 1.165) is 18.9 Å². The molecule has 0 aliphatic heterocycles. The van der Waals surface area contributed by atoms with Crippen molar-refractivity contribution in [3.05, 3.63) is 33.9 Å². The zero-order valence-electron chi connectivity index (χ0n) is 10.7. The number of carboxylic acids is 1. The lowest BCUT2D eigenvalue weighted by Gasteiger charge is -2.22. The Labute approximate surface area is 114 Å². The average Bonchev–Trinajstić information content (AvgIpc) is 2.83. The quantitative estimate of drug-likeness (QED) is 0.630. The number of rotatable bonds is 5. The number of nitro benzene ring substituents is 1. The number of hydrogen-bond donors (Lipinski definition) is 2. The van der Waals surface area contributed by atoms with E-state index >= 15 is 0 Å². The number of aliphatic hydroxyl groups is 1. The van der Waals surface area contributed by atoms with Crippen LogP contribution in [0.2, 0.25) is 0 Å². The summed E-state index contributed by atoms with van der Waals surface area (Å²) in [5.41, 5.74) is -1.53. The molecular formula is C13H15NO6. The summed E-state index contributed by atoms with van der Waals surface area (Å²) in [6, 6.07) is 3.44. The van der Waals surface area contributed by atoms with Crippen molar-refractivity contribution in [3.8, 4) is 5.75 Å². The van der Waals surface area contributed by atoms with Crippen molar-refractivity contribution in [2.75, 3.05) is 6.61 Å². The summed E-state index contributed by atoms with van der Waals surface area (Å²) in [6.45, 7) is -0.0275. The van der Waals surface area contributed by atoms with Crippen LogP contribution in [0.4, 0.5) is 5.69 Å². The first-order valence-electron chi connectivity index (χ1n) is 6.28. The standard InChI is InChI=1S/C13H15NO6/c15-12(16)9-3-4-11(10(7-9)14(18)19)20-8-13(17)5-1-2-6-13/h3-4,7,17H,1-2,5-6,8H2,(H,15,16). The molecule has 1 fully saturated rings. The molecule has 0 radical (unpaired) electrons. The van der Waals surface area contributed by atoms with E-state index < -0.39 is 22.2 Å². The lowest BCUT2D eigenvalue weighted by Crippen LogP contribution is -2.32. The van der Waals surface area contributed by atoms with Crippen LogP contribution in [-0.2, 0) is 0 Å². The molecule has 7 heteroatoms. The third-order valence-electron chi connectivity index (χ3n) is 3.43. The molecule has 0 atom stereocenters. The molecule has 1 aliphatic rings. The van der Waals surface area contributed by atoms with E-state index in [9.17, 15) is 20.0 Å². The van der Waals surface area contributed by atoms with Crippen molar-refractivity contribution in [1.29, 1.82) is 0 Å². The van der Waals surface area contributed by atoms with Crippen LogP contribution in [0.3, 0.4) is 0 Å². The van der Waals surface area contributed by atoms with Gasteiger partial charge in [0, 0.05) is 6.07 Å². The van der Waals surface area contributed by atoms with E-state index in [1.807, 2.05) is 0 Å². The Morgan fingerprint density at radius 1 is 1.40 bits per heavy atom. The third-order valence-corrected chi connectivity index (χ3v) is 3.43. The molecule has 0 amide bonds. The first-order valence-corrected chi connectivity index (χ1v) is 6.28. The molecule has 1 aromatic rings. The summed E-state index contributed by atoms with van der Waals surface area (Å²) in [6.07, 6.45) is 3.02. The third kappa shape index (κ3) is 3.05. The van der Waals surface area contributed by atoms with Gasteiger partial charge < -0.3 is 14.9 Å². The number of nitro groups is 1. The fraction of sp³-hybridized carbons (Fsp3) is 0.462. The van der Waals surface area contributed by atoms with Crippen molar-refractivity contribution in [2.45, 2.75) is 31.3 Å². The van der Waals surface area contributed by atoms with Gasteiger partial charge in [0.2, 0.25) is 0 Å². The molecule has 0 unspecified atom stereocenters. The smallest absolute Gasteiger partial charge is 0.335 e. The van der Waals surface area contributed by atoms with Gasteiger partial charge in [0.25, 0.3) is 0 Å². The number of benzene rings is 1. The van der Waals surface area contributed by atoms with E-state index in [4.69, 9.17) is 9.84 Å². The van der Waals surface area contributed by atoms with E-state index in [-0.39, 0.29) is 17.9 Å². The van der Waals surface area contributed by atoms with Crippen molar-refractivity contribution in [2.24, 2.45) is 0 Å². The SMILES string of the molecule is O=C(O)c1ccc(OCC2(O)CCCC2)c([N+](=O)[O-])c1. The first kappa shape index (κ1) is 14.3. The molecule has 2 rings (SSSR count). The largest absolute Gasteiger partial charge is 0.484 e. The van der Waals surface area contributed by atoms with Crippen molar-refractivity contribution in [1.82, 2.24) is 0 Å². The minimum Gasteiger partial charge on any atom is -0.484 e. The Morgan fingerprint density at radius 3 is 2.60 bits per heavy atom. The molecule has 20 heavy (non-hydrogen) atoms. The second-order valence-electron chi connectivity index (χ2n) is 4.96. The van der Waals surface area contributed by atoms with Gasteiger partial charge in [-0.05, 0) is 25.0 Å². The minimum atomic E-state index is -1.24. The van der Waals surface area contributed by atoms with Crippen molar-refractivity contribution >= 4 is 11.7 Å². The highest BCUT2D eigenvalue weighted by Gasteiger charge is 2.32. The highest BCUT2D eigenvalue weighted by molar-refractivity contribution is 5.88. The Hall–Kier alpha value is -2.15. The van der Waals surface area contributed by atoms with Gasteiger partial charge in [-0.25, -0.2) is 4.79 Å². The van der Waals surface area contributed by atoms with Crippen LogP contribution in [0.25, 0.3) is 0 Å². The first-order chi connectivity index (χ1) is 9.41. The number of carboxylic acid groups (broad SMARTS) is 1. The number of nitrogens with zero attached hydrogens (tertiary/aromatic N) is 1. The summed E-state index contributed by atoms with van der Waals surface area (Å²) >= 11 is 0. The summed E-state index contributed by atoms with van der Waals surface area (Å²) in [5.74, 6) is -1.27. The Kier molecular flexibility index (Phi) is 3.89. The summed E-state index contributed by atoms with van der Waals surface area (Å²) in [5, 5.41) is 29.9. The zero-order valence-corrected chi connectivity index (χ0v) is 10.7. The molecule has 108 valence electrons. The monoisotopic (exact) mass is 281 g/mol. The summed E-state index contributed by atoms with van der Waals surface area (Å²) < 4.78 is 5.34. The van der Waals surface area contributed by atoms with Crippen molar-refractivity contribution < 1.29 is 24.7 Å². The van der Waals surface area contributed by atoms with Crippen LogP contribution in [0.5, 0.6) is 5.75 Å². The van der Waals surface area contributed by atoms with Gasteiger partial charge in [-0.1, -0.05) is 12.8 Å². The van der Waals surface area contributed by atoms with Crippen LogP contribution in [-0.4, -0.2) is 33.3 Å². The normalized spacial score (nSPS) is 16.9. The predicted molar refractivity (Wildman–Crippen MR) is 69.0 cm³/mol. The Bertz CT molecular complexity index is 536. The minimum absolute atomic E-state index is 0.0275. The maximum atomic E-state index is 10.9. The Morgan fingerprint density at radius 2 is 2.05 bits per heavy atom. The number of ether oxygens (including phenoxy) is 1. The van der Waals surface area contributed by atoms with Crippen molar-refractivity contribution in [3.63, 3.8) is 0 Å². The topological polar surface area (TPSA) is 110 Å². The predicted octanol–water partition coefficient (Wildman–Crippen LogP) is 1.98. The zero-order chi connectivity index (χ0) is 14.8. The second-order valence-corrected chi connectivity index (χ2v) is 4.96. The van der Waals surface area contributed by atoms with Gasteiger partial charge in [-0.15, -0.1) is 0 Å². The van der Waals surface area contributed by atoms with E-state index in [1.54, 1.807) is 0 Å². The van der Waals surface area contributed by atoms with Crippen LogP contribution < -0.4 is 4.74 Å². The van der Waals surface area contributed by atoms with Gasteiger partial charge in [0.05, 0.1) is 16.1 Å². The van der Waals surface area contributed by atoms with Gasteiger partial charge >= 0.3 is 11.7 Å². The Balaban J connectivity index is 2.18. The molecule has 0 spiro atoms. The van der Waals surface area contributed by atoms with E-state index in [1.165, 1.54) is 12.1 Å². The van der Waals surface area contributed by atoms with E-state index in [0.29, 0.717) is 12.8 Å². The molecule has 0 aromatic heterocycles. The highest BCUT2D eigenvalue weighted by atomic mass is 16.6. The average molecular weight is 281 g/mol. The lowest BCUT2D eigenvalue weighted by atomic mass is 10.0. The molecule has 1 aliphatic carbocycles. The molecular weight excluding hydrogens is 266 g/mol. The maximum absolute atomic E-state index is 10.9. The van der Waals surface area contributed by atoms with Gasteiger partial charge in [-0.3, -0.25) is 10.1 Å². The molecule has 1 aromatic carbocycles. The van der Waals surface area contributed by atoms with Crippen LogP contribution in [0.1, 0.15) is 36.0 Å². The molecule has 7 nitrogen and oxygen atoms in total. The highest BCUT2D eigenvalue weighted by Crippen LogP contribution is 2.33. The molecule has 2 N–H and O–H groups in total. The number of hydrogen-bond acceptors (Lipinski definition) is 5. The lowest BCUT2D eigenvalue weighted by molar-refractivity contribution is -0.386. The van der Waals surface area contributed by atoms with Gasteiger partial charge in [0.15, 0.2) is 5.75 Å². The van der Waals surface area contributed by atoms with Crippen LogP contribution in [0.15, 0.2) is 18.2 Å². The van der Waals surface area contributed by atoms with Gasteiger partial charge in [0.1, 0.15) is 6.61 Å². The summed E-state index contributed by atoms with van der Waals surface area (Å²) in [4.78, 5) is 21.1. The molecule has 1 saturated carbocycles. The number of aromatic carboxylic acids is 1. The van der Waals surface area contributed by atoms with Crippen LogP contribution >= 0.6 is 0 Å². The maximum Gasteiger partial charge on any atom is 0.335 e. The molecule has 0 bridgehead atoms.